The normalized spacial score (nSPS) is 23.7. The lowest BCUT2D eigenvalue weighted by Crippen LogP contribution is -2.34. The predicted molar refractivity (Wildman–Crippen MR) is 58.7 cm³/mol. The van der Waals surface area contributed by atoms with E-state index in [-0.39, 0.29) is 29.2 Å². The van der Waals surface area contributed by atoms with E-state index in [9.17, 15) is 9.59 Å². The fourth-order valence-corrected chi connectivity index (χ4v) is 1.96. The van der Waals surface area contributed by atoms with Crippen LogP contribution >= 0.6 is 11.6 Å². The molecule has 0 aliphatic carbocycles. The van der Waals surface area contributed by atoms with E-state index < -0.39 is 0 Å². The minimum Gasteiger partial charge on any atom is -0.355 e. The molecule has 1 heterocycles. The highest BCUT2D eigenvalue weighted by atomic mass is 35.5. The van der Waals surface area contributed by atoms with E-state index in [1.165, 1.54) is 0 Å². The zero-order valence-corrected chi connectivity index (χ0v) is 9.86. The molecule has 4 nitrogen and oxygen atoms in total. The molecular formula is C10H17ClN2O2. The zero-order chi connectivity index (χ0) is 11.5. The van der Waals surface area contributed by atoms with Gasteiger partial charge in [0.2, 0.25) is 11.8 Å². The third-order valence-electron chi connectivity index (χ3n) is 2.53. The summed E-state index contributed by atoms with van der Waals surface area (Å²) in [6, 6.07) is 0. The summed E-state index contributed by atoms with van der Waals surface area (Å²) in [5, 5.41) is 5.57. The van der Waals surface area contributed by atoms with Crippen molar-refractivity contribution in [1.82, 2.24) is 10.6 Å². The summed E-state index contributed by atoms with van der Waals surface area (Å²) in [6.07, 6.45) is 1.50. The van der Waals surface area contributed by atoms with Gasteiger partial charge in [-0.2, -0.15) is 0 Å². The van der Waals surface area contributed by atoms with Crippen LogP contribution in [0.25, 0.3) is 0 Å². The molecule has 1 atom stereocenters. The van der Waals surface area contributed by atoms with Crippen molar-refractivity contribution in [3.63, 3.8) is 0 Å². The highest BCUT2D eigenvalue weighted by Gasteiger charge is 2.36. The van der Waals surface area contributed by atoms with Crippen LogP contribution in [0.15, 0.2) is 0 Å². The van der Waals surface area contributed by atoms with Gasteiger partial charge in [0.1, 0.15) is 5.88 Å². The molecule has 1 saturated heterocycles. The minimum absolute atomic E-state index is 0.00984. The Hall–Kier alpha value is -0.770. The van der Waals surface area contributed by atoms with Crippen molar-refractivity contribution >= 4 is 23.4 Å². The summed E-state index contributed by atoms with van der Waals surface area (Å²) < 4.78 is 0. The number of carbonyl (C=O) groups excluding carboxylic acids is 2. The number of amides is 2. The molecule has 1 rings (SSSR count). The number of carbonyl (C=O) groups is 2. The maximum Gasteiger partial charge on any atom is 0.234 e. The molecule has 15 heavy (non-hydrogen) atoms. The maximum atomic E-state index is 11.5. The van der Waals surface area contributed by atoms with Crippen LogP contribution < -0.4 is 10.6 Å². The lowest BCUT2D eigenvalue weighted by atomic mass is 9.94. The SMILES string of the molecule is CC1(C)CC(CCNC(=O)CCl)C(=O)N1. The number of rotatable bonds is 4. The molecule has 0 aromatic carbocycles. The average molecular weight is 233 g/mol. The second-order valence-electron chi connectivity index (χ2n) is 4.55. The molecule has 0 aromatic rings. The summed E-state index contributed by atoms with van der Waals surface area (Å²) >= 11 is 5.33. The molecular weight excluding hydrogens is 216 g/mol. The molecule has 5 heteroatoms. The van der Waals surface area contributed by atoms with Crippen molar-refractivity contribution in [2.75, 3.05) is 12.4 Å². The summed E-state index contributed by atoms with van der Waals surface area (Å²) in [4.78, 5) is 22.3. The summed E-state index contributed by atoms with van der Waals surface area (Å²) in [6.45, 7) is 4.52. The molecule has 1 unspecified atom stereocenters. The molecule has 86 valence electrons. The fraction of sp³-hybridized carbons (Fsp3) is 0.800. The first-order chi connectivity index (χ1) is 6.94. The van der Waals surface area contributed by atoms with Crippen molar-refractivity contribution in [1.29, 1.82) is 0 Å². The lowest BCUT2D eigenvalue weighted by Gasteiger charge is -2.16. The average Bonchev–Trinajstić information content (AvgIpc) is 2.39. The summed E-state index contributed by atoms with van der Waals surface area (Å²) in [5.74, 6) is -0.118. The van der Waals surface area contributed by atoms with Crippen LogP contribution in [-0.2, 0) is 9.59 Å². The monoisotopic (exact) mass is 232 g/mol. The Bertz CT molecular complexity index is 266. The van der Waals surface area contributed by atoms with Crippen molar-refractivity contribution in [3.05, 3.63) is 0 Å². The first-order valence-electron chi connectivity index (χ1n) is 5.09. The summed E-state index contributed by atoms with van der Waals surface area (Å²) in [5.41, 5.74) is -0.113. The first-order valence-corrected chi connectivity index (χ1v) is 5.63. The Balaban J connectivity index is 2.28. The van der Waals surface area contributed by atoms with Gasteiger partial charge >= 0.3 is 0 Å². The number of hydrogen-bond donors (Lipinski definition) is 2. The van der Waals surface area contributed by atoms with Crippen molar-refractivity contribution in [2.45, 2.75) is 32.2 Å². The van der Waals surface area contributed by atoms with Crippen LogP contribution in [0.4, 0.5) is 0 Å². The van der Waals surface area contributed by atoms with Gasteiger partial charge in [0.15, 0.2) is 0 Å². The van der Waals surface area contributed by atoms with Gasteiger partial charge < -0.3 is 10.6 Å². The second kappa shape index (κ2) is 4.84. The molecule has 2 N–H and O–H groups in total. The van der Waals surface area contributed by atoms with Crippen LogP contribution in [-0.4, -0.2) is 29.8 Å². The largest absolute Gasteiger partial charge is 0.355 e. The lowest BCUT2D eigenvalue weighted by molar-refractivity contribution is -0.123. The molecule has 0 saturated carbocycles. The van der Waals surface area contributed by atoms with Crippen LogP contribution in [0, 0.1) is 5.92 Å². The van der Waals surface area contributed by atoms with E-state index in [2.05, 4.69) is 10.6 Å². The topological polar surface area (TPSA) is 58.2 Å². The van der Waals surface area contributed by atoms with Gasteiger partial charge in [-0.1, -0.05) is 0 Å². The number of hydrogen-bond acceptors (Lipinski definition) is 2. The number of alkyl halides is 1. The highest BCUT2D eigenvalue weighted by Crippen LogP contribution is 2.26. The van der Waals surface area contributed by atoms with Crippen LogP contribution in [0.2, 0.25) is 0 Å². The van der Waals surface area contributed by atoms with E-state index in [0.717, 1.165) is 6.42 Å². The maximum absolute atomic E-state index is 11.5. The van der Waals surface area contributed by atoms with Crippen LogP contribution in [0.5, 0.6) is 0 Å². The molecule has 0 spiro atoms. The van der Waals surface area contributed by atoms with E-state index in [1.54, 1.807) is 0 Å². The molecule has 0 bridgehead atoms. The highest BCUT2D eigenvalue weighted by molar-refractivity contribution is 6.27. The molecule has 0 aromatic heterocycles. The third kappa shape index (κ3) is 3.70. The van der Waals surface area contributed by atoms with E-state index >= 15 is 0 Å². The Morgan fingerprint density at radius 2 is 2.33 bits per heavy atom. The third-order valence-corrected chi connectivity index (χ3v) is 2.77. The van der Waals surface area contributed by atoms with Crippen LogP contribution in [0.1, 0.15) is 26.7 Å². The zero-order valence-electron chi connectivity index (χ0n) is 9.10. The molecule has 1 aliphatic rings. The number of halogens is 1. The Kier molecular flexibility index (Phi) is 3.97. The van der Waals surface area contributed by atoms with E-state index in [1.807, 2.05) is 13.8 Å². The van der Waals surface area contributed by atoms with Crippen molar-refractivity contribution < 1.29 is 9.59 Å². The van der Waals surface area contributed by atoms with Gasteiger partial charge in [-0.05, 0) is 26.7 Å². The summed E-state index contributed by atoms with van der Waals surface area (Å²) in [7, 11) is 0. The van der Waals surface area contributed by atoms with Gasteiger partial charge in [-0.3, -0.25) is 9.59 Å². The van der Waals surface area contributed by atoms with Gasteiger partial charge in [0, 0.05) is 18.0 Å². The Labute approximate surface area is 94.7 Å². The minimum atomic E-state index is -0.186. The smallest absolute Gasteiger partial charge is 0.234 e. The molecule has 1 aliphatic heterocycles. The van der Waals surface area contributed by atoms with E-state index in [4.69, 9.17) is 11.6 Å². The number of nitrogens with one attached hydrogen (secondary N) is 2. The standard InChI is InChI=1S/C10H17ClN2O2/c1-10(2)5-7(9(15)13-10)3-4-12-8(14)6-11/h7H,3-6H2,1-2H3,(H,12,14)(H,13,15). The molecule has 2 amide bonds. The van der Waals surface area contributed by atoms with Crippen molar-refractivity contribution in [3.8, 4) is 0 Å². The van der Waals surface area contributed by atoms with Gasteiger partial charge in [-0.25, -0.2) is 0 Å². The molecule has 0 radical (unpaired) electrons. The Morgan fingerprint density at radius 3 is 2.80 bits per heavy atom. The predicted octanol–water partition coefficient (Wildman–Crippen LogP) is 0.646. The fourth-order valence-electron chi connectivity index (χ4n) is 1.86. The van der Waals surface area contributed by atoms with Gasteiger partial charge in [-0.15, -0.1) is 11.6 Å². The van der Waals surface area contributed by atoms with Gasteiger partial charge in [0.05, 0.1) is 0 Å². The quantitative estimate of drug-likeness (QED) is 0.700. The second-order valence-corrected chi connectivity index (χ2v) is 4.81. The van der Waals surface area contributed by atoms with E-state index in [0.29, 0.717) is 13.0 Å². The molecule has 1 fully saturated rings. The van der Waals surface area contributed by atoms with Gasteiger partial charge in [0.25, 0.3) is 0 Å². The Morgan fingerprint density at radius 1 is 1.67 bits per heavy atom. The first kappa shape index (κ1) is 12.3. The van der Waals surface area contributed by atoms with Crippen molar-refractivity contribution in [2.24, 2.45) is 5.92 Å². The van der Waals surface area contributed by atoms with Crippen LogP contribution in [0.3, 0.4) is 0 Å².